The first-order valence-corrected chi connectivity index (χ1v) is 43.3. The number of ether oxygens (including phenoxy) is 4. The van der Waals surface area contributed by atoms with Crippen LogP contribution in [0.4, 0.5) is 0 Å². The van der Waals surface area contributed by atoms with Crippen LogP contribution in [-0.2, 0) is 65.4 Å². The second-order valence-corrected chi connectivity index (χ2v) is 28.7. The number of hydrogen-bond donors (Lipinski definition) is 3. The summed E-state index contributed by atoms with van der Waals surface area (Å²) >= 11 is 0. The van der Waals surface area contributed by atoms with Gasteiger partial charge in [0.2, 0.25) is 0 Å². The summed E-state index contributed by atoms with van der Waals surface area (Å²) in [5, 5.41) is 10.7. The van der Waals surface area contributed by atoms with E-state index in [2.05, 4.69) is 222 Å². The molecule has 0 aliphatic rings. The number of unbranched alkanes of at least 4 members (excludes halogenated alkanes) is 13. The summed E-state index contributed by atoms with van der Waals surface area (Å²) in [6.07, 6.45) is 98.1. The first-order chi connectivity index (χ1) is 52.7. The Morgan fingerprint density at radius 2 is 0.463 bits per heavy atom. The van der Waals surface area contributed by atoms with Crippen molar-refractivity contribution in [1.82, 2.24) is 0 Å². The molecule has 19 heteroatoms. The summed E-state index contributed by atoms with van der Waals surface area (Å²) in [6, 6.07) is 0. The Hall–Kier alpha value is -6.36. The summed E-state index contributed by atoms with van der Waals surface area (Å²) in [5.74, 6) is -2.35. The zero-order valence-corrected chi connectivity index (χ0v) is 68.2. The zero-order valence-electron chi connectivity index (χ0n) is 66.4. The predicted molar refractivity (Wildman–Crippen MR) is 445 cm³/mol. The minimum absolute atomic E-state index is 0.0486. The molecule has 108 heavy (non-hydrogen) atoms. The predicted octanol–water partition coefficient (Wildman–Crippen LogP) is 23.9. The zero-order chi connectivity index (χ0) is 78.9. The molecule has 0 bridgehead atoms. The van der Waals surface area contributed by atoms with E-state index >= 15 is 0 Å². The van der Waals surface area contributed by atoms with E-state index in [0.717, 1.165) is 186 Å². The summed E-state index contributed by atoms with van der Waals surface area (Å²) in [7, 11) is -10.0. The fourth-order valence-corrected chi connectivity index (χ4v) is 11.3. The van der Waals surface area contributed by atoms with Crippen LogP contribution in [0.1, 0.15) is 272 Å². The first kappa shape index (κ1) is 102. The lowest BCUT2D eigenvalue weighted by Crippen LogP contribution is -2.30. The summed E-state index contributed by atoms with van der Waals surface area (Å²) in [5.41, 5.74) is 0. The molecule has 0 rings (SSSR count). The molecule has 0 aromatic carbocycles. The highest BCUT2D eigenvalue weighted by atomic mass is 31.2. The first-order valence-electron chi connectivity index (χ1n) is 40.3. The molecule has 0 aromatic heterocycles. The van der Waals surface area contributed by atoms with Crippen molar-refractivity contribution in [3.05, 3.63) is 207 Å². The molecule has 17 nitrogen and oxygen atoms in total. The normalized spacial score (nSPS) is 14.9. The van der Waals surface area contributed by atoms with Gasteiger partial charge in [-0.2, -0.15) is 0 Å². The van der Waals surface area contributed by atoms with Crippen molar-refractivity contribution in [3.63, 3.8) is 0 Å². The molecular weight excluding hydrogens is 1400 g/mol. The van der Waals surface area contributed by atoms with Crippen LogP contribution in [0.15, 0.2) is 207 Å². The fraction of sp³-hybridized carbons (Fsp3) is 0.573. The lowest BCUT2D eigenvalue weighted by molar-refractivity contribution is -0.161. The quantitative estimate of drug-likeness (QED) is 0.0169. The Morgan fingerprint density at radius 3 is 0.741 bits per heavy atom. The van der Waals surface area contributed by atoms with E-state index in [4.69, 9.17) is 37.0 Å². The van der Waals surface area contributed by atoms with Crippen molar-refractivity contribution in [2.45, 2.75) is 290 Å². The highest BCUT2D eigenvalue weighted by Gasteiger charge is 2.30. The minimum Gasteiger partial charge on any atom is -0.462 e. The highest BCUT2D eigenvalue weighted by Crippen LogP contribution is 2.45. The standard InChI is InChI=1S/C89H140O17P2/c1-5-9-13-17-21-25-29-33-37-40-41-44-47-50-54-58-62-66-70-74-87(92)100-80-85(106-89(94)76-72-68-64-60-56-52-48-43-39-35-31-27-23-19-15-11-7-3)82-104-108(97,98)102-78-83(90)77-101-107(95,96)103-81-84(105-88(93)75-71-67-63-59-55-51-45-36-32-28-24-20-16-12-8-4)79-99-86(91)73-69-65-61-57-53-49-46-42-38-34-30-26-22-18-14-10-6-2/h9-16,21-28,33-39,41,44-46,48-50,52,54,57,61,83-85,90H,5-8,17-20,29-32,40,42-43,47,51,53,55-56,58-60,62-82H2,1-4H3,(H,95,96)(H,97,98)/b13-9-,14-10-,15-11-,16-12-,25-21-,26-22-,27-23-,28-24-,37-33-,38-34-,39-35-,44-41-,45-36-,49-46-,52-48-,54-50-,61-57-. The van der Waals surface area contributed by atoms with Gasteiger partial charge in [0.25, 0.3) is 0 Å². The maximum Gasteiger partial charge on any atom is 0.472 e. The van der Waals surface area contributed by atoms with Crippen LogP contribution >= 0.6 is 15.6 Å². The maximum absolute atomic E-state index is 13.1. The molecule has 5 atom stereocenters. The summed E-state index contributed by atoms with van der Waals surface area (Å²) in [4.78, 5) is 73.1. The molecule has 0 amide bonds. The highest BCUT2D eigenvalue weighted by molar-refractivity contribution is 7.47. The smallest absolute Gasteiger partial charge is 0.462 e. The van der Waals surface area contributed by atoms with Gasteiger partial charge in [0, 0.05) is 25.7 Å². The van der Waals surface area contributed by atoms with Crippen LogP contribution in [0.25, 0.3) is 0 Å². The SMILES string of the molecule is CC/C=C\C/C=C\C/C=C\C/C=C\C/C=C\CCCCCC(=O)OCC(COP(=O)(O)OCC(O)COP(=O)(O)OCC(COC(=O)CCC/C=C\C/C=C\C/C=C\C/C=C\C/C=C\CC)OC(=O)CCCCCCC/C=C\C/C=C\C/C=C\CC)OC(=O)CCCCCC/C=C\C/C=C\C/C=C\C/C=C\CC. The van der Waals surface area contributed by atoms with Gasteiger partial charge in [-0.15, -0.1) is 0 Å². The molecule has 5 unspecified atom stereocenters. The van der Waals surface area contributed by atoms with Crippen molar-refractivity contribution in [2.75, 3.05) is 39.6 Å². The van der Waals surface area contributed by atoms with E-state index in [1.807, 2.05) is 12.2 Å². The molecule has 0 saturated carbocycles. The molecule has 0 aliphatic heterocycles. The second-order valence-electron chi connectivity index (χ2n) is 25.8. The molecule has 608 valence electrons. The van der Waals surface area contributed by atoms with E-state index < -0.39 is 97.5 Å². The van der Waals surface area contributed by atoms with Crippen LogP contribution in [-0.4, -0.2) is 96.7 Å². The third kappa shape index (κ3) is 77.8. The average Bonchev–Trinajstić information content (AvgIpc) is 0.906. The lowest BCUT2D eigenvalue weighted by atomic mass is 10.1. The number of carbonyl (C=O) groups is 4. The number of phosphoric acid groups is 2. The van der Waals surface area contributed by atoms with Crippen LogP contribution in [0.5, 0.6) is 0 Å². The van der Waals surface area contributed by atoms with Gasteiger partial charge in [0.15, 0.2) is 12.2 Å². The average molecular weight is 1540 g/mol. The van der Waals surface area contributed by atoms with Gasteiger partial charge in [-0.05, 0) is 180 Å². The van der Waals surface area contributed by atoms with Gasteiger partial charge in [-0.3, -0.25) is 37.3 Å². The molecule has 0 saturated heterocycles. The second kappa shape index (κ2) is 78.8. The van der Waals surface area contributed by atoms with Crippen molar-refractivity contribution in [3.8, 4) is 0 Å². The molecule has 0 aromatic rings. The third-order valence-electron chi connectivity index (χ3n) is 15.7. The molecule has 0 spiro atoms. The Morgan fingerprint density at radius 1 is 0.259 bits per heavy atom. The maximum atomic E-state index is 13.1. The molecular formula is C89H140O17P2. The number of hydrogen-bond acceptors (Lipinski definition) is 15. The number of aliphatic hydroxyl groups is 1. The Bertz CT molecular complexity index is 2860. The molecule has 0 fully saturated rings. The number of rotatable bonds is 73. The van der Waals surface area contributed by atoms with Crippen LogP contribution in [0, 0.1) is 0 Å². The Kier molecular flexibility index (Phi) is 74.1. The van der Waals surface area contributed by atoms with Crippen LogP contribution in [0.2, 0.25) is 0 Å². The van der Waals surface area contributed by atoms with E-state index in [0.29, 0.717) is 32.1 Å². The number of esters is 4. The van der Waals surface area contributed by atoms with E-state index in [1.54, 1.807) is 0 Å². The number of carbonyl (C=O) groups excluding carboxylic acids is 4. The van der Waals surface area contributed by atoms with Gasteiger partial charge in [-0.25, -0.2) is 9.13 Å². The molecule has 0 aliphatic carbocycles. The monoisotopic (exact) mass is 1540 g/mol. The summed E-state index contributed by atoms with van der Waals surface area (Å²) in [6.45, 7) is 4.24. The van der Waals surface area contributed by atoms with Crippen LogP contribution < -0.4 is 0 Å². The molecule has 3 N–H and O–H groups in total. The fourth-order valence-electron chi connectivity index (χ4n) is 9.76. The number of allylic oxidation sites excluding steroid dienone is 34. The molecule has 0 heterocycles. The number of aliphatic hydroxyl groups excluding tert-OH is 1. The van der Waals surface area contributed by atoms with Crippen molar-refractivity contribution < 1.29 is 80.2 Å². The summed E-state index contributed by atoms with van der Waals surface area (Å²) < 4.78 is 68.6. The van der Waals surface area contributed by atoms with Gasteiger partial charge in [0.1, 0.15) is 19.3 Å². The number of phosphoric ester groups is 2. The van der Waals surface area contributed by atoms with E-state index in [1.165, 1.54) is 0 Å². The van der Waals surface area contributed by atoms with E-state index in [9.17, 15) is 43.2 Å². The topological polar surface area (TPSA) is 237 Å². The molecule has 0 radical (unpaired) electrons. The van der Waals surface area contributed by atoms with Crippen molar-refractivity contribution in [2.24, 2.45) is 0 Å². The van der Waals surface area contributed by atoms with Crippen molar-refractivity contribution >= 4 is 39.5 Å². The minimum atomic E-state index is -5.01. The Labute approximate surface area is 652 Å². The van der Waals surface area contributed by atoms with Gasteiger partial charge in [-0.1, -0.05) is 273 Å². The largest absolute Gasteiger partial charge is 0.472 e. The van der Waals surface area contributed by atoms with Crippen molar-refractivity contribution in [1.29, 1.82) is 0 Å². The van der Waals surface area contributed by atoms with Gasteiger partial charge < -0.3 is 33.8 Å². The van der Waals surface area contributed by atoms with Gasteiger partial charge in [0.05, 0.1) is 26.4 Å². The van der Waals surface area contributed by atoms with E-state index in [-0.39, 0.29) is 25.7 Å². The lowest BCUT2D eigenvalue weighted by Gasteiger charge is -2.21. The Balaban J connectivity index is 5.52. The third-order valence-corrected chi connectivity index (χ3v) is 17.6. The van der Waals surface area contributed by atoms with Crippen LogP contribution in [0.3, 0.4) is 0 Å². The van der Waals surface area contributed by atoms with Gasteiger partial charge >= 0.3 is 39.5 Å².